The van der Waals surface area contributed by atoms with Gasteiger partial charge in [0.2, 0.25) is 5.91 Å². The Morgan fingerprint density at radius 2 is 2.27 bits per heavy atom. The van der Waals surface area contributed by atoms with Crippen molar-refractivity contribution < 1.29 is 14.7 Å². The molecule has 1 unspecified atom stereocenters. The predicted octanol–water partition coefficient (Wildman–Crippen LogP) is 0.722. The van der Waals surface area contributed by atoms with Crippen molar-refractivity contribution in [2.75, 3.05) is 12.0 Å². The molecule has 0 rings (SSSR count). The first-order chi connectivity index (χ1) is 7.11. The lowest BCUT2D eigenvalue weighted by Gasteiger charge is -2.13. The molecule has 0 radical (unpaired) electrons. The van der Waals surface area contributed by atoms with Crippen LogP contribution in [-0.2, 0) is 9.59 Å². The summed E-state index contributed by atoms with van der Waals surface area (Å²) in [7, 11) is 0. The summed E-state index contributed by atoms with van der Waals surface area (Å²) in [6.45, 7) is 0. The summed E-state index contributed by atoms with van der Waals surface area (Å²) in [5.74, 6) is 1.73. The number of carbonyl (C=O) groups excluding carboxylic acids is 1. The second-order valence-electron chi connectivity index (χ2n) is 2.94. The monoisotopic (exact) mass is 229 g/mol. The van der Waals surface area contributed by atoms with E-state index in [0.717, 1.165) is 0 Å². The minimum atomic E-state index is -1.00. The Balaban J connectivity index is 3.99. The third-order valence-corrected chi connectivity index (χ3v) is 2.38. The molecule has 0 saturated carbocycles. The first-order valence-electron chi connectivity index (χ1n) is 4.56. The zero-order valence-electron chi connectivity index (χ0n) is 8.66. The summed E-state index contributed by atoms with van der Waals surface area (Å²) in [6.07, 6.45) is 7.83. The fourth-order valence-corrected chi connectivity index (χ4v) is 1.42. The van der Waals surface area contributed by atoms with E-state index in [1.165, 1.54) is 0 Å². The molecule has 0 heterocycles. The van der Waals surface area contributed by atoms with Gasteiger partial charge in [0.1, 0.15) is 6.04 Å². The number of carboxylic acids is 1. The number of terminal acetylenes is 1. The molecule has 0 aliphatic carbocycles. The molecule has 4 nitrogen and oxygen atoms in total. The zero-order chi connectivity index (χ0) is 11.7. The van der Waals surface area contributed by atoms with Crippen LogP contribution in [0, 0.1) is 12.3 Å². The van der Waals surface area contributed by atoms with Crippen molar-refractivity contribution in [3.05, 3.63) is 0 Å². The van der Waals surface area contributed by atoms with Gasteiger partial charge in [-0.05, 0) is 18.4 Å². The van der Waals surface area contributed by atoms with E-state index in [1.807, 2.05) is 6.26 Å². The smallest absolute Gasteiger partial charge is 0.326 e. The number of carboxylic acid groups (broad SMARTS) is 1. The highest BCUT2D eigenvalue weighted by Gasteiger charge is 2.18. The van der Waals surface area contributed by atoms with E-state index in [4.69, 9.17) is 11.5 Å². The van der Waals surface area contributed by atoms with Crippen molar-refractivity contribution in [3.8, 4) is 12.3 Å². The first-order valence-corrected chi connectivity index (χ1v) is 5.95. The van der Waals surface area contributed by atoms with Crippen LogP contribution in [0.2, 0.25) is 0 Å². The maximum Gasteiger partial charge on any atom is 0.326 e. The van der Waals surface area contributed by atoms with E-state index in [2.05, 4.69) is 11.2 Å². The second-order valence-corrected chi connectivity index (χ2v) is 3.93. The molecule has 1 atom stereocenters. The summed E-state index contributed by atoms with van der Waals surface area (Å²) in [4.78, 5) is 22.0. The molecule has 0 spiro atoms. The fraction of sp³-hybridized carbons (Fsp3) is 0.600. The van der Waals surface area contributed by atoms with E-state index >= 15 is 0 Å². The lowest BCUT2D eigenvalue weighted by molar-refractivity contribution is -0.141. The first kappa shape index (κ1) is 13.8. The Morgan fingerprint density at radius 1 is 1.60 bits per heavy atom. The molecule has 0 aromatic heterocycles. The molecule has 84 valence electrons. The van der Waals surface area contributed by atoms with Gasteiger partial charge < -0.3 is 10.4 Å². The Labute approximate surface area is 93.8 Å². The highest BCUT2D eigenvalue weighted by Crippen LogP contribution is 2.01. The summed E-state index contributed by atoms with van der Waals surface area (Å²) in [6, 6.07) is -0.803. The van der Waals surface area contributed by atoms with E-state index in [1.54, 1.807) is 11.8 Å². The van der Waals surface area contributed by atoms with Crippen molar-refractivity contribution in [1.29, 1.82) is 0 Å². The van der Waals surface area contributed by atoms with Crippen LogP contribution in [0.5, 0.6) is 0 Å². The average molecular weight is 229 g/mol. The third-order valence-electron chi connectivity index (χ3n) is 1.74. The highest BCUT2D eigenvalue weighted by molar-refractivity contribution is 7.98. The predicted molar refractivity (Wildman–Crippen MR) is 60.6 cm³/mol. The zero-order valence-corrected chi connectivity index (χ0v) is 9.47. The number of thioether (sulfide) groups is 1. The van der Waals surface area contributed by atoms with Crippen LogP contribution in [-0.4, -0.2) is 35.0 Å². The van der Waals surface area contributed by atoms with Gasteiger partial charge in [0, 0.05) is 12.8 Å². The number of nitrogens with one attached hydrogen (secondary N) is 1. The molecule has 0 aromatic rings. The Morgan fingerprint density at radius 3 is 2.73 bits per heavy atom. The summed E-state index contributed by atoms with van der Waals surface area (Å²) in [5.41, 5.74) is 0. The molecule has 1 amide bonds. The van der Waals surface area contributed by atoms with Gasteiger partial charge >= 0.3 is 5.97 Å². The van der Waals surface area contributed by atoms with Gasteiger partial charge in [-0.15, -0.1) is 12.3 Å². The largest absolute Gasteiger partial charge is 0.480 e. The molecular formula is C10H15NO3S. The summed E-state index contributed by atoms with van der Waals surface area (Å²) >= 11 is 1.55. The Kier molecular flexibility index (Phi) is 7.56. The Bertz CT molecular complexity index is 260. The number of aliphatic carboxylic acids is 1. The number of amides is 1. The van der Waals surface area contributed by atoms with Crippen LogP contribution >= 0.6 is 11.8 Å². The molecular weight excluding hydrogens is 214 g/mol. The van der Waals surface area contributed by atoms with Crippen molar-refractivity contribution >= 4 is 23.6 Å². The molecule has 0 aromatic carbocycles. The van der Waals surface area contributed by atoms with E-state index in [9.17, 15) is 9.59 Å². The van der Waals surface area contributed by atoms with Gasteiger partial charge in [0.25, 0.3) is 0 Å². The van der Waals surface area contributed by atoms with Crippen molar-refractivity contribution in [3.63, 3.8) is 0 Å². The molecule has 2 N–H and O–H groups in total. The molecule has 0 aliphatic rings. The van der Waals surface area contributed by atoms with Gasteiger partial charge in [0.15, 0.2) is 0 Å². The van der Waals surface area contributed by atoms with Crippen LogP contribution in [0.4, 0.5) is 0 Å². The molecule has 0 fully saturated rings. The van der Waals surface area contributed by atoms with Crippen LogP contribution in [0.15, 0.2) is 0 Å². The second kappa shape index (κ2) is 8.18. The lowest BCUT2D eigenvalue weighted by Crippen LogP contribution is -2.41. The normalized spacial score (nSPS) is 11.5. The van der Waals surface area contributed by atoms with Crippen molar-refractivity contribution in [2.24, 2.45) is 0 Å². The lowest BCUT2D eigenvalue weighted by atomic mass is 10.2. The molecule has 15 heavy (non-hydrogen) atoms. The van der Waals surface area contributed by atoms with Crippen molar-refractivity contribution in [1.82, 2.24) is 5.32 Å². The molecule has 0 bridgehead atoms. The minimum Gasteiger partial charge on any atom is -0.480 e. The van der Waals surface area contributed by atoms with Crippen LogP contribution < -0.4 is 5.32 Å². The fourth-order valence-electron chi connectivity index (χ4n) is 0.945. The maximum absolute atomic E-state index is 11.2. The Hall–Kier alpha value is -1.15. The summed E-state index contributed by atoms with van der Waals surface area (Å²) in [5, 5.41) is 11.2. The average Bonchev–Trinajstić information content (AvgIpc) is 2.20. The van der Waals surface area contributed by atoms with E-state index in [-0.39, 0.29) is 12.3 Å². The van der Waals surface area contributed by atoms with Gasteiger partial charge in [-0.3, -0.25) is 4.79 Å². The van der Waals surface area contributed by atoms with Crippen molar-refractivity contribution in [2.45, 2.75) is 25.3 Å². The maximum atomic E-state index is 11.2. The van der Waals surface area contributed by atoms with Gasteiger partial charge in [-0.2, -0.15) is 11.8 Å². The van der Waals surface area contributed by atoms with Crippen LogP contribution in [0.3, 0.4) is 0 Å². The van der Waals surface area contributed by atoms with E-state index < -0.39 is 12.0 Å². The van der Waals surface area contributed by atoms with Gasteiger partial charge in [-0.25, -0.2) is 4.79 Å². The van der Waals surface area contributed by atoms with Gasteiger partial charge in [0.05, 0.1) is 0 Å². The standard InChI is InChI=1S/C10H15NO3S/c1-3-4-5-9(12)11-8(10(13)14)6-7-15-2/h1,8H,4-7H2,2H3,(H,11,12)(H,13,14). The molecule has 5 heteroatoms. The number of carbonyl (C=O) groups is 2. The molecule has 0 saturated heterocycles. The number of rotatable bonds is 7. The van der Waals surface area contributed by atoms with Crippen LogP contribution in [0.25, 0.3) is 0 Å². The molecule has 0 aliphatic heterocycles. The van der Waals surface area contributed by atoms with Crippen LogP contribution in [0.1, 0.15) is 19.3 Å². The van der Waals surface area contributed by atoms with E-state index in [0.29, 0.717) is 18.6 Å². The summed E-state index contributed by atoms with van der Waals surface area (Å²) < 4.78 is 0. The number of hydrogen-bond donors (Lipinski definition) is 2. The quantitative estimate of drug-likeness (QED) is 0.631. The minimum absolute atomic E-state index is 0.180. The van der Waals surface area contributed by atoms with Gasteiger partial charge in [-0.1, -0.05) is 0 Å². The topological polar surface area (TPSA) is 66.4 Å². The SMILES string of the molecule is C#CCCC(=O)NC(CCSC)C(=O)O. The third kappa shape index (κ3) is 6.86. The highest BCUT2D eigenvalue weighted by atomic mass is 32.2. The number of hydrogen-bond acceptors (Lipinski definition) is 3.